The first-order valence-electron chi connectivity index (χ1n) is 9.96. The minimum absolute atomic E-state index is 0.00692. The fourth-order valence-corrected chi connectivity index (χ4v) is 5.18. The van der Waals surface area contributed by atoms with E-state index in [1.165, 1.54) is 11.3 Å². The summed E-state index contributed by atoms with van der Waals surface area (Å²) in [6.45, 7) is 10.8. The molecule has 28 heavy (non-hydrogen) atoms. The van der Waals surface area contributed by atoms with E-state index in [0.29, 0.717) is 6.61 Å². The smallest absolute Gasteiger partial charge is 0.261 e. The van der Waals surface area contributed by atoms with Crippen LogP contribution in [0.1, 0.15) is 41.9 Å². The van der Waals surface area contributed by atoms with Crippen LogP contribution >= 0.6 is 11.3 Å². The van der Waals surface area contributed by atoms with Crippen LogP contribution in [-0.4, -0.2) is 72.3 Å². The Morgan fingerprint density at radius 1 is 1.29 bits per heavy atom. The molecule has 8 heteroatoms. The van der Waals surface area contributed by atoms with Gasteiger partial charge in [-0.25, -0.2) is 9.97 Å². The van der Waals surface area contributed by atoms with Crippen molar-refractivity contribution in [2.45, 2.75) is 45.3 Å². The predicted molar refractivity (Wildman–Crippen MR) is 112 cm³/mol. The molecule has 2 saturated heterocycles. The molecule has 7 nitrogen and oxygen atoms in total. The number of anilines is 1. The lowest BCUT2D eigenvalue weighted by atomic mass is 9.94. The highest BCUT2D eigenvalue weighted by Crippen LogP contribution is 2.35. The summed E-state index contributed by atoms with van der Waals surface area (Å²) in [5.41, 5.74) is 0.796. The molecule has 0 spiro atoms. The molecule has 2 aromatic heterocycles. The Morgan fingerprint density at radius 3 is 2.75 bits per heavy atom. The highest BCUT2D eigenvalue weighted by Gasteiger charge is 2.31. The van der Waals surface area contributed by atoms with Crippen LogP contribution in [0.25, 0.3) is 10.2 Å². The van der Waals surface area contributed by atoms with Gasteiger partial charge in [0.15, 0.2) is 0 Å². The minimum Gasteiger partial charge on any atom is -0.375 e. The third-order valence-electron chi connectivity index (χ3n) is 5.75. The van der Waals surface area contributed by atoms with Gasteiger partial charge in [-0.3, -0.25) is 4.79 Å². The first-order chi connectivity index (χ1) is 13.3. The number of likely N-dealkylation sites (N-methyl/N-ethyl adjacent to an activating group) is 1. The van der Waals surface area contributed by atoms with Gasteiger partial charge < -0.3 is 19.9 Å². The number of aromatic nitrogens is 2. The molecule has 1 amide bonds. The average Bonchev–Trinajstić information content (AvgIpc) is 2.99. The van der Waals surface area contributed by atoms with Gasteiger partial charge in [0.25, 0.3) is 5.91 Å². The molecular weight excluding hydrogens is 374 g/mol. The number of ether oxygens (including phenoxy) is 1. The zero-order chi connectivity index (χ0) is 19.9. The van der Waals surface area contributed by atoms with Gasteiger partial charge in [-0.15, -0.1) is 11.3 Å². The molecule has 0 bridgehead atoms. The van der Waals surface area contributed by atoms with Crippen molar-refractivity contribution >= 4 is 33.3 Å². The van der Waals surface area contributed by atoms with E-state index in [9.17, 15) is 4.79 Å². The van der Waals surface area contributed by atoms with Crippen LogP contribution in [0.15, 0.2) is 6.33 Å². The van der Waals surface area contributed by atoms with Crippen LogP contribution in [0.3, 0.4) is 0 Å². The molecule has 2 aromatic rings. The number of nitrogens with zero attached hydrogens (tertiary/aromatic N) is 4. The van der Waals surface area contributed by atoms with Crippen LogP contribution < -0.4 is 10.2 Å². The topological polar surface area (TPSA) is 70.6 Å². The highest BCUT2D eigenvalue weighted by molar-refractivity contribution is 7.20. The average molecular weight is 404 g/mol. The fourth-order valence-electron chi connectivity index (χ4n) is 4.13. The molecule has 0 radical (unpaired) electrons. The highest BCUT2D eigenvalue weighted by atomic mass is 32.1. The van der Waals surface area contributed by atoms with Crippen LogP contribution in [0.4, 0.5) is 5.82 Å². The summed E-state index contributed by atoms with van der Waals surface area (Å²) in [5, 5.41) is 4.24. The Balaban J connectivity index is 1.59. The van der Waals surface area contributed by atoms with Crippen molar-refractivity contribution in [1.82, 2.24) is 20.2 Å². The Labute approximate surface area is 170 Å². The molecule has 2 aliphatic heterocycles. The second-order valence-corrected chi connectivity index (χ2v) is 9.49. The predicted octanol–water partition coefficient (Wildman–Crippen LogP) is 2.44. The van der Waals surface area contributed by atoms with E-state index in [1.807, 2.05) is 6.92 Å². The lowest BCUT2D eigenvalue weighted by Gasteiger charge is -2.35. The van der Waals surface area contributed by atoms with E-state index in [2.05, 4.69) is 46.0 Å². The largest absolute Gasteiger partial charge is 0.375 e. The second kappa shape index (κ2) is 7.57. The van der Waals surface area contributed by atoms with Crippen molar-refractivity contribution in [3.8, 4) is 0 Å². The maximum absolute atomic E-state index is 13.0. The SMILES string of the molecule is Cc1c(C(=O)NC2CCOC(C)(C)C2)sc2ncnc(N3CCN(C)CC3)c12. The van der Waals surface area contributed by atoms with Crippen LogP contribution in [0, 0.1) is 6.92 Å². The number of piperazine rings is 1. The minimum atomic E-state index is -0.189. The zero-order valence-electron chi connectivity index (χ0n) is 17.1. The lowest BCUT2D eigenvalue weighted by Crippen LogP contribution is -2.45. The summed E-state index contributed by atoms with van der Waals surface area (Å²) >= 11 is 1.47. The van der Waals surface area contributed by atoms with Crippen molar-refractivity contribution in [3.63, 3.8) is 0 Å². The van der Waals surface area contributed by atoms with Gasteiger partial charge in [0.1, 0.15) is 17.0 Å². The van der Waals surface area contributed by atoms with Crippen LogP contribution in [0.2, 0.25) is 0 Å². The van der Waals surface area contributed by atoms with Crippen molar-refractivity contribution < 1.29 is 9.53 Å². The van der Waals surface area contributed by atoms with Crippen LogP contribution in [0.5, 0.6) is 0 Å². The lowest BCUT2D eigenvalue weighted by molar-refractivity contribution is -0.0615. The van der Waals surface area contributed by atoms with Gasteiger partial charge in [0.2, 0.25) is 0 Å². The van der Waals surface area contributed by atoms with E-state index in [4.69, 9.17) is 4.74 Å². The number of nitrogens with one attached hydrogen (secondary N) is 1. The van der Waals surface area contributed by atoms with Crippen molar-refractivity contribution in [2.75, 3.05) is 44.7 Å². The number of amides is 1. The van der Waals surface area contributed by atoms with Gasteiger partial charge >= 0.3 is 0 Å². The number of carbonyl (C=O) groups is 1. The number of rotatable bonds is 3. The standard InChI is InChI=1S/C20H29N5O2S/c1-13-15-17(25-8-6-24(4)7-9-25)21-12-22-19(15)28-16(13)18(26)23-14-5-10-27-20(2,3)11-14/h12,14H,5-11H2,1-4H3,(H,23,26). The molecule has 1 atom stereocenters. The molecule has 2 aliphatic rings. The third-order valence-corrected chi connectivity index (χ3v) is 6.95. The molecule has 1 N–H and O–H groups in total. The molecule has 0 saturated carbocycles. The maximum Gasteiger partial charge on any atom is 0.261 e. The van der Waals surface area contributed by atoms with Gasteiger partial charge in [-0.05, 0) is 46.2 Å². The third kappa shape index (κ3) is 3.86. The van der Waals surface area contributed by atoms with Gasteiger partial charge in [-0.1, -0.05) is 0 Å². The number of carbonyl (C=O) groups excluding carboxylic acids is 1. The van der Waals surface area contributed by atoms with E-state index in [0.717, 1.165) is 65.5 Å². The monoisotopic (exact) mass is 403 g/mol. The van der Waals surface area contributed by atoms with Gasteiger partial charge in [0, 0.05) is 38.8 Å². The molecule has 4 heterocycles. The van der Waals surface area contributed by atoms with E-state index >= 15 is 0 Å². The first-order valence-corrected chi connectivity index (χ1v) is 10.8. The Kier molecular flexibility index (Phi) is 5.28. The summed E-state index contributed by atoms with van der Waals surface area (Å²) in [6, 6.07) is 0.143. The van der Waals surface area contributed by atoms with E-state index in [-0.39, 0.29) is 17.6 Å². The van der Waals surface area contributed by atoms with Gasteiger partial charge in [0.05, 0.1) is 15.9 Å². The molecule has 0 aliphatic carbocycles. The quantitative estimate of drug-likeness (QED) is 0.849. The first kappa shape index (κ1) is 19.5. The summed E-state index contributed by atoms with van der Waals surface area (Å²) in [7, 11) is 2.14. The Morgan fingerprint density at radius 2 is 2.04 bits per heavy atom. The molecule has 2 fully saturated rings. The summed E-state index contributed by atoms with van der Waals surface area (Å²) in [6.07, 6.45) is 3.30. The zero-order valence-corrected chi connectivity index (χ0v) is 17.9. The molecule has 0 aromatic carbocycles. The van der Waals surface area contributed by atoms with Crippen molar-refractivity contribution in [2.24, 2.45) is 0 Å². The number of aryl methyl sites for hydroxylation is 1. The summed E-state index contributed by atoms with van der Waals surface area (Å²) in [4.78, 5) is 28.3. The molecule has 1 unspecified atom stereocenters. The Bertz CT molecular complexity index is 873. The summed E-state index contributed by atoms with van der Waals surface area (Å²) in [5.74, 6) is 0.950. The Hall–Kier alpha value is -1.77. The van der Waals surface area contributed by atoms with E-state index < -0.39 is 0 Å². The molecule has 4 rings (SSSR count). The normalized spacial score (nSPS) is 23.1. The van der Waals surface area contributed by atoms with Gasteiger partial charge in [-0.2, -0.15) is 0 Å². The number of hydrogen-bond acceptors (Lipinski definition) is 7. The fraction of sp³-hybridized carbons (Fsp3) is 0.650. The molecular formula is C20H29N5O2S. The number of fused-ring (bicyclic) bond motifs is 1. The maximum atomic E-state index is 13.0. The molecule has 152 valence electrons. The van der Waals surface area contributed by atoms with Crippen molar-refractivity contribution in [1.29, 1.82) is 0 Å². The number of hydrogen-bond donors (Lipinski definition) is 1. The number of thiophene rings is 1. The second-order valence-electron chi connectivity index (χ2n) is 8.50. The van der Waals surface area contributed by atoms with Crippen LogP contribution in [-0.2, 0) is 4.74 Å². The van der Waals surface area contributed by atoms with Crippen molar-refractivity contribution in [3.05, 3.63) is 16.8 Å². The van der Waals surface area contributed by atoms with E-state index in [1.54, 1.807) is 6.33 Å². The summed E-state index contributed by atoms with van der Waals surface area (Å²) < 4.78 is 5.77.